The first-order valence-electron chi connectivity index (χ1n) is 6.17. The van der Waals surface area contributed by atoms with Crippen LogP contribution in [-0.4, -0.2) is 10.4 Å². The third-order valence-electron chi connectivity index (χ3n) is 3.22. The fourth-order valence-corrected chi connectivity index (χ4v) is 2.66. The Morgan fingerprint density at radius 2 is 1.85 bits per heavy atom. The van der Waals surface area contributed by atoms with E-state index in [4.69, 9.17) is 23.2 Å². The SMILES string of the molecule is O=C(Cn1ccc2cc(Cl)ccc21)c1ccccc1Cl. The first kappa shape index (κ1) is 13.2. The quantitative estimate of drug-likeness (QED) is 0.635. The second-order valence-electron chi connectivity index (χ2n) is 4.55. The molecule has 0 aliphatic rings. The van der Waals surface area contributed by atoms with Gasteiger partial charge in [-0.25, -0.2) is 0 Å². The predicted octanol–water partition coefficient (Wildman–Crippen LogP) is 4.83. The molecule has 100 valence electrons. The van der Waals surface area contributed by atoms with Crippen LogP contribution in [0.1, 0.15) is 10.4 Å². The number of nitrogens with zero attached hydrogens (tertiary/aromatic N) is 1. The highest BCUT2D eigenvalue weighted by molar-refractivity contribution is 6.34. The largest absolute Gasteiger partial charge is 0.340 e. The summed E-state index contributed by atoms with van der Waals surface area (Å²) in [5, 5.41) is 2.19. The first-order chi connectivity index (χ1) is 9.65. The van der Waals surface area contributed by atoms with E-state index in [1.165, 1.54) is 0 Å². The molecular formula is C16H11Cl2NO. The molecule has 3 aromatic rings. The standard InChI is InChI=1S/C16H11Cl2NO/c17-12-5-6-15-11(9-12)7-8-19(15)10-16(20)13-3-1-2-4-14(13)18/h1-9H,10H2. The second-order valence-corrected chi connectivity index (χ2v) is 5.39. The Morgan fingerprint density at radius 3 is 2.65 bits per heavy atom. The van der Waals surface area contributed by atoms with Crippen LogP contribution in [0.3, 0.4) is 0 Å². The van der Waals surface area contributed by atoms with Crippen molar-refractivity contribution in [2.75, 3.05) is 0 Å². The molecule has 0 amide bonds. The molecule has 20 heavy (non-hydrogen) atoms. The summed E-state index contributed by atoms with van der Waals surface area (Å²) in [5.74, 6) is -0.0111. The molecule has 0 unspecified atom stereocenters. The molecule has 0 atom stereocenters. The van der Waals surface area contributed by atoms with Gasteiger partial charge in [-0.05, 0) is 36.4 Å². The third kappa shape index (κ3) is 2.45. The Morgan fingerprint density at radius 1 is 1.05 bits per heavy atom. The highest BCUT2D eigenvalue weighted by Gasteiger charge is 2.11. The first-order valence-corrected chi connectivity index (χ1v) is 6.93. The fourth-order valence-electron chi connectivity index (χ4n) is 2.24. The van der Waals surface area contributed by atoms with Gasteiger partial charge < -0.3 is 4.57 Å². The zero-order chi connectivity index (χ0) is 14.1. The minimum absolute atomic E-state index is 0.0111. The number of carbonyl (C=O) groups is 1. The summed E-state index contributed by atoms with van der Waals surface area (Å²) in [6, 6.07) is 14.7. The summed E-state index contributed by atoms with van der Waals surface area (Å²) in [5.41, 5.74) is 1.53. The Bertz CT molecular complexity index is 792. The van der Waals surface area contributed by atoms with Crippen LogP contribution < -0.4 is 0 Å². The van der Waals surface area contributed by atoms with Crippen molar-refractivity contribution in [3.63, 3.8) is 0 Å². The zero-order valence-corrected chi connectivity index (χ0v) is 12.0. The molecule has 1 heterocycles. The monoisotopic (exact) mass is 303 g/mol. The molecular weight excluding hydrogens is 293 g/mol. The lowest BCUT2D eigenvalue weighted by Crippen LogP contribution is -2.09. The molecule has 0 fully saturated rings. The molecule has 0 saturated heterocycles. The van der Waals surface area contributed by atoms with Gasteiger partial charge in [0.25, 0.3) is 0 Å². The Labute approximate surface area is 126 Å². The van der Waals surface area contributed by atoms with E-state index in [1.807, 2.05) is 47.2 Å². The predicted molar refractivity (Wildman–Crippen MR) is 82.7 cm³/mol. The number of hydrogen-bond donors (Lipinski definition) is 0. The molecule has 3 rings (SSSR count). The maximum absolute atomic E-state index is 12.3. The van der Waals surface area contributed by atoms with E-state index in [-0.39, 0.29) is 12.3 Å². The smallest absolute Gasteiger partial charge is 0.183 e. The van der Waals surface area contributed by atoms with Gasteiger partial charge in [0, 0.05) is 27.7 Å². The number of halogens is 2. The van der Waals surface area contributed by atoms with Crippen LogP contribution in [0.5, 0.6) is 0 Å². The van der Waals surface area contributed by atoms with Crippen LogP contribution in [0.2, 0.25) is 10.0 Å². The average molecular weight is 304 g/mol. The molecule has 0 bridgehead atoms. The summed E-state index contributed by atoms with van der Waals surface area (Å²) in [6.07, 6.45) is 1.88. The van der Waals surface area contributed by atoms with Crippen LogP contribution in [0.15, 0.2) is 54.7 Å². The van der Waals surface area contributed by atoms with Gasteiger partial charge in [0.05, 0.1) is 11.6 Å². The molecule has 2 aromatic carbocycles. The number of rotatable bonds is 3. The van der Waals surface area contributed by atoms with Crippen LogP contribution in [0, 0.1) is 0 Å². The molecule has 0 N–H and O–H groups in total. The van der Waals surface area contributed by atoms with Crippen molar-refractivity contribution in [3.05, 3.63) is 70.3 Å². The van der Waals surface area contributed by atoms with Crippen LogP contribution >= 0.6 is 23.2 Å². The summed E-state index contributed by atoms with van der Waals surface area (Å²) in [6.45, 7) is 0.259. The topological polar surface area (TPSA) is 22.0 Å². The maximum Gasteiger partial charge on any atom is 0.183 e. The molecule has 0 spiro atoms. The van der Waals surface area contributed by atoms with Crippen LogP contribution in [-0.2, 0) is 6.54 Å². The normalized spacial score (nSPS) is 10.9. The number of hydrogen-bond acceptors (Lipinski definition) is 1. The van der Waals surface area contributed by atoms with Gasteiger partial charge in [0.1, 0.15) is 0 Å². The van der Waals surface area contributed by atoms with Gasteiger partial charge in [-0.3, -0.25) is 4.79 Å². The maximum atomic E-state index is 12.3. The van der Waals surface area contributed by atoms with E-state index >= 15 is 0 Å². The number of Topliss-reactive ketones (excluding diaryl/α,β-unsaturated/α-hetero) is 1. The van der Waals surface area contributed by atoms with Gasteiger partial charge in [-0.15, -0.1) is 0 Å². The summed E-state index contributed by atoms with van der Waals surface area (Å²) >= 11 is 12.0. The van der Waals surface area contributed by atoms with Gasteiger partial charge in [-0.1, -0.05) is 35.3 Å². The molecule has 0 radical (unpaired) electrons. The van der Waals surface area contributed by atoms with Crippen molar-refractivity contribution in [3.8, 4) is 0 Å². The van der Waals surface area contributed by atoms with Gasteiger partial charge in [0.15, 0.2) is 5.78 Å². The van der Waals surface area contributed by atoms with Gasteiger partial charge in [-0.2, -0.15) is 0 Å². The van der Waals surface area contributed by atoms with E-state index in [2.05, 4.69) is 0 Å². The Hall–Kier alpha value is -1.77. The number of ketones is 1. The minimum Gasteiger partial charge on any atom is -0.340 e. The lowest BCUT2D eigenvalue weighted by molar-refractivity contribution is 0.0974. The molecule has 0 saturated carbocycles. The zero-order valence-electron chi connectivity index (χ0n) is 10.5. The Kier molecular flexibility index (Phi) is 3.51. The molecule has 4 heteroatoms. The highest BCUT2D eigenvalue weighted by Crippen LogP contribution is 2.22. The van der Waals surface area contributed by atoms with E-state index in [9.17, 15) is 4.79 Å². The van der Waals surface area contributed by atoms with Crippen molar-refractivity contribution in [2.45, 2.75) is 6.54 Å². The lowest BCUT2D eigenvalue weighted by Gasteiger charge is -2.06. The van der Waals surface area contributed by atoms with E-state index < -0.39 is 0 Å². The lowest BCUT2D eigenvalue weighted by atomic mass is 10.1. The van der Waals surface area contributed by atoms with E-state index in [0.29, 0.717) is 15.6 Å². The van der Waals surface area contributed by atoms with Crippen molar-refractivity contribution in [1.29, 1.82) is 0 Å². The average Bonchev–Trinajstić information content (AvgIpc) is 2.81. The van der Waals surface area contributed by atoms with Crippen molar-refractivity contribution in [2.24, 2.45) is 0 Å². The number of aromatic nitrogens is 1. The summed E-state index contributed by atoms with van der Waals surface area (Å²) in [4.78, 5) is 12.3. The number of benzene rings is 2. The summed E-state index contributed by atoms with van der Waals surface area (Å²) in [7, 11) is 0. The molecule has 0 aliphatic heterocycles. The minimum atomic E-state index is -0.0111. The molecule has 0 aliphatic carbocycles. The highest BCUT2D eigenvalue weighted by atomic mass is 35.5. The van der Waals surface area contributed by atoms with Gasteiger partial charge >= 0.3 is 0 Å². The van der Waals surface area contributed by atoms with Gasteiger partial charge in [0.2, 0.25) is 0 Å². The third-order valence-corrected chi connectivity index (χ3v) is 3.79. The van der Waals surface area contributed by atoms with Crippen molar-refractivity contribution < 1.29 is 4.79 Å². The fraction of sp³-hybridized carbons (Fsp3) is 0.0625. The van der Waals surface area contributed by atoms with Crippen LogP contribution in [0.25, 0.3) is 10.9 Å². The van der Waals surface area contributed by atoms with Crippen molar-refractivity contribution in [1.82, 2.24) is 4.57 Å². The van der Waals surface area contributed by atoms with Crippen molar-refractivity contribution >= 4 is 39.9 Å². The molecule has 1 aromatic heterocycles. The second kappa shape index (κ2) is 5.31. The number of carbonyl (C=O) groups excluding carboxylic acids is 1. The summed E-state index contributed by atoms with van der Waals surface area (Å²) < 4.78 is 1.90. The number of fused-ring (bicyclic) bond motifs is 1. The Balaban J connectivity index is 1.94. The van der Waals surface area contributed by atoms with Crippen LogP contribution in [0.4, 0.5) is 0 Å². The van der Waals surface area contributed by atoms with E-state index in [0.717, 1.165) is 10.9 Å². The van der Waals surface area contributed by atoms with E-state index in [1.54, 1.807) is 12.1 Å². The molecule has 2 nitrogen and oxygen atoms in total.